The van der Waals surface area contributed by atoms with E-state index >= 15 is 0 Å². The molecular formula is C22H20BrN3O4S. The number of hydrogen-bond donors (Lipinski definition) is 2. The molecule has 7 nitrogen and oxygen atoms in total. The molecule has 2 N–H and O–H groups in total. The predicted molar refractivity (Wildman–Crippen MR) is 124 cm³/mol. The third-order valence-electron chi connectivity index (χ3n) is 4.34. The van der Waals surface area contributed by atoms with E-state index in [1.54, 1.807) is 31.2 Å². The second-order valence-electron chi connectivity index (χ2n) is 6.51. The van der Waals surface area contributed by atoms with Crippen LogP contribution in [0.25, 0.3) is 0 Å². The van der Waals surface area contributed by atoms with E-state index in [0.29, 0.717) is 17.1 Å². The van der Waals surface area contributed by atoms with Crippen LogP contribution in [0, 0.1) is 0 Å². The number of nitrogens with one attached hydrogen (secondary N) is 2. The number of ether oxygens (including phenoxy) is 1. The summed E-state index contributed by atoms with van der Waals surface area (Å²) in [5, 5.41) is 4.10. The Morgan fingerprint density at radius 1 is 0.968 bits per heavy atom. The largest absolute Gasteiger partial charge is 0.497 e. The van der Waals surface area contributed by atoms with Crippen molar-refractivity contribution in [1.29, 1.82) is 0 Å². The summed E-state index contributed by atoms with van der Waals surface area (Å²) in [5.41, 5.74) is 4.48. The first-order valence-corrected chi connectivity index (χ1v) is 11.4. The maximum absolute atomic E-state index is 12.7. The fourth-order valence-electron chi connectivity index (χ4n) is 2.63. The van der Waals surface area contributed by atoms with E-state index < -0.39 is 15.9 Å². The summed E-state index contributed by atoms with van der Waals surface area (Å²) in [6.45, 7) is 1.77. The van der Waals surface area contributed by atoms with Crippen molar-refractivity contribution in [1.82, 2.24) is 5.43 Å². The molecule has 9 heteroatoms. The Balaban J connectivity index is 1.74. The molecule has 0 unspecified atom stereocenters. The molecule has 3 aromatic carbocycles. The monoisotopic (exact) mass is 501 g/mol. The molecule has 0 saturated carbocycles. The number of amides is 1. The number of carbonyl (C=O) groups is 1. The molecule has 0 saturated heterocycles. The van der Waals surface area contributed by atoms with Gasteiger partial charge in [-0.2, -0.15) is 5.10 Å². The number of carbonyl (C=O) groups excluding carboxylic acids is 1. The molecule has 0 spiro atoms. The highest BCUT2D eigenvalue weighted by molar-refractivity contribution is 9.10. The summed E-state index contributed by atoms with van der Waals surface area (Å²) in [4.78, 5) is 12.5. The van der Waals surface area contributed by atoms with Gasteiger partial charge in [0.1, 0.15) is 5.75 Å². The fraction of sp³-hybridized carbons (Fsp3) is 0.0909. The molecule has 0 radical (unpaired) electrons. The number of methoxy groups -OCH3 is 1. The van der Waals surface area contributed by atoms with Crippen LogP contribution in [0.5, 0.6) is 5.75 Å². The minimum atomic E-state index is -3.88. The summed E-state index contributed by atoms with van der Waals surface area (Å²) in [7, 11) is -2.35. The van der Waals surface area contributed by atoms with Gasteiger partial charge in [0.15, 0.2) is 0 Å². The summed E-state index contributed by atoms with van der Waals surface area (Å²) >= 11 is 3.37. The van der Waals surface area contributed by atoms with Crippen LogP contribution in [0.15, 0.2) is 87.3 Å². The van der Waals surface area contributed by atoms with Crippen molar-refractivity contribution >= 4 is 43.3 Å². The van der Waals surface area contributed by atoms with Crippen LogP contribution in [0.3, 0.4) is 0 Å². The summed E-state index contributed by atoms with van der Waals surface area (Å²) < 4.78 is 33.9. The lowest BCUT2D eigenvalue weighted by Crippen LogP contribution is -2.20. The van der Waals surface area contributed by atoms with Gasteiger partial charge in [0.25, 0.3) is 15.9 Å². The average Bonchev–Trinajstić information content (AvgIpc) is 2.78. The van der Waals surface area contributed by atoms with Gasteiger partial charge in [-0.1, -0.05) is 34.1 Å². The SMILES string of the molecule is COc1ccc(NS(=O)(=O)c2cccc(C(=O)NN=C(C)c3ccc(Br)cc3)c2)cc1. The maximum atomic E-state index is 12.7. The quantitative estimate of drug-likeness (QED) is 0.370. The highest BCUT2D eigenvalue weighted by atomic mass is 79.9. The van der Waals surface area contributed by atoms with E-state index in [-0.39, 0.29) is 10.5 Å². The number of benzene rings is 3. The van der Waals surface area contributed by atoms with Crippen molar-refractivity contribution in [3.8, 4) is 5.75 Å². The molecular weight excluding hydrogens is 482 g/mol. The minimum absolute atomic E-state index is 0.0374. The Labute approximate surface area is 189 Å². The first kappa shape index (κ1) is 22.5. The van der Waals surface area contributed by atoms with Crippen molar-refractivity contribution in [3.05, 3.63) is 88.4 Å². The Bertz CT molecular complexity index is 1210. The van der Waals surface area contributed by atoms with Gasteiger partial charge in [0, 0.05) is 15.7 Å². The molecule has 0 aliphatic heterocycles. The first-order valence-electron chi connectivity index (χ1n) is 9.16. The summed E-state index contributed by atoms with van der Waals surface area (Å²) in [6.07, 6.45) is 0. The zero-order valence-electron chi connectivity index (χ0n) is 16.8. The van der Waals surface area contributed by atoms with E-state index in [1.165, 1.54) is 31.4 Å². The number of sulfonamides is 1. The standard InChI is InChI=1S/C22H20BrN3O4S/c1-15(16-6-8-18(23)9-7-16)24-25-22(27)17-4-3-5-21(14-17)31(28,29)26-19-10-12-20(30-2)13-11-19/h3-14,26H,1-2H3,(H,25,27). The van der Waals surface area contributed by atoms with Gasteiger partial charge in [-0.05, 0) is 67.1 Å². The molecule has 0 bridgehead atoms. The summed E-state index contributed by atoms with van der Waals surface area (Å²) in [5.74, 6) is 0.0959. The zero-order valence-corrected chi connectivity index (χ0v) is 19.2. The Morgan fingerprint density at radius 2 is 1.65 bits per heavy atom. The van der Waals surface area contributed by atoms with Crippen LogP contribution in [0.2, 0.25) is 0 Å². The van der Waals surface area contributed by atoms with E-state index in [4.69, 9.17) is 4.74 Å². The fourth-order valence-corrected chi connectivity index (χ4v) is 4.00. The van der Waals surface area contributed by atoms with E-state index in [2.05, 4.69) is 31.2 Å². The van der Waals surface area contributed by atoms with Crippen LogP contribution >= 0.6 is 15.9 Å². The first-order chi connectivity index (χ1) is 14.8. The molecule has 160 valence electrons. The van der Waals surface area contributed by atoms with Crippen molar-refractivity contribution in [2.24, 2.45) is 5.10 Å². The average molecular weight is 502 g/mol. The number of halogens is 1. The molecule has 3 rings (SSSR count). The highest BCUT2D eigenvalue weighted by Crippen LogP contribution is 2.20. The van der Waals surface area contributed by atoms with Crippen LogP contribution in [0.4, 0.5) is 5.69 Å². The van der Waals surface area contributed by atoms with Gasteiger partial charge >= 0.3 is 0 Å². The molecule has 0 aliphatic rings. The normalized spacial score (nSPS) is 11.6. The van der Waals surface area contributed by atoms with Gasteiger partial charge in [-0.3, -0.25) is 9.52 Å². The van der Waals surface area contributed by atoms with Gasteiger partial charge < -0.3 is 4.74 Å². The van der Waals surface area contributed by atoms with Gasteiger partial charge in [-0.15, -0.1) is 0 Å². The van der Waals surface area contributed by atoms with Gasteiger partial charge in [-0.25, -0.2) is 13.8 Å². The zero-order chi connectivity index (χ0) is 22.4. The number of nitrogens with zero attached hydrogens (tertiary/aromatic N) is 1. The molecule has 0 heterocycles. The molecule has 0 aliphatic carbocycles. The molecule has 1 amide bonds. The lowest BCUT2D eigenvalue weighted by atomic mass is 10.1. The molecule has 0 aromatic heterocycles. The van der Waals surface area contributed by atoms with Crippen molar-refractivity contribution < 1.29 is 17.9 Å². The Hall–Kier alpha value is -3.17. The van der Waals surface area contributed by atoms with Crippen LogP contribution in [-0.2, 0) is 10.0 Å². The van der Waals surface area contributed by atoms with Gasteiger partial charge in [0.05, 0.1) is 17.7 Å². The van der Waals surface area contributed by atoms with Crippen molar-refractivity contribution in [2.45, 2.75) is 11.8 Å². The predicted octanol–water partition coefficient (Wildman–Crippen LogP) is 4.41. The van der Waals surface area contributed by atoms with Crippen molar-refractivity contribution in [2.75, 3.05) is 11.8 Å². The van der Waals surface area contributed by atoms with E-state index in [1.807, 2.05) is 24.3 Å². The Kier molecular flexibility index (Phi) is 7.09. The summed E-state index contributed by atoms with van der Waals surface area (Å²) in [6, 6.07) is 19.7. The van der Waals surface area contributed by atoms with Gasteiger partial charge in [0.2, 0.25) is 0 Å². The second-order valence-corrected chi connectivity index (χ2v) is 9.10. The third-order valence-corrected chi connectivity index (χ3v) is 6.24. The van der Waals surface area contributed by atoms with E-state index in [0.717, 1.165) is 10.0 Å². The lowest BCUT2D eigenvalue weighted by Gasteiger charge is -2.10. The van der Waals surface area contributed by atoms with Crippen LogP contribution in [0.1, 0.15) is 22.8 Å². The Morgan fingerprint density at radius 3 is 2.29 bits per heavy atom. The number of hydrogen-bond acceptors (Lipinski definition) is 5. The molecule has 0 fully saturated rings. The highest BCUT2D eigenvalue weighted by Gasteiger charge is 2.16. The van der Waals surface area contributed by atoms with Crippen LogP contribution in [-0.4, -0.2) is 27.1 Å². The topological polar surface area (TPSA) is 96.9 Å². The third kappa shape index (κ3) is 5.93. The lowest BCUT2D eigenvalue weighted by molar-refractivity contribution is 0.0954. The molecule has 3 aromatic rings. The molecule has 31 heavy (non-hydrogen) atoms. The number of anilines is 1. The minimum Gasteiger partial charge on any atom is -0.497 e. The second kappa shape index (κ2) is 9.76. The maximum Gasteiger partial charge on any atom is 0.271 e. The number of hydrazone groups is 1. The van der Waals surface area contributed by atoms with Crippen LogP contribution < -0.4 is 14.9 Å². The smallest absolute Gasteiger partial charge is 0.271 e. The van der Waals surface area contributed by atoms with E-state index in [9.17, 15) is 13.2 Å². The number of rotatable bonds is 7. The van der Waals surface area contributed by atoms with Crippen molar-refractivity contribution in [3.63, 3.8) is 0 Å². The molecule has 0 atom stereocenters.